The summed E-state index contributed by atoms with van der Waals surface area (Å²) in [5.74, 6) is 0.503. The molecule has 0 aliphatic carbocycles. The highest BCUT2D eigenvalue weighted by molar-refractivity contribution is 7.52. The number of nitrogens with zero attached hydrogens (tertiary/aromatic N) is 3. The number of carbonyl (C=O) groups excluding carboxylic acids is 1. The van der Waals surface area contributed by atoms with Gasteiger partial charge < -0.3 is 19.7 Å². The lowest BCUT2D eigenvalue weighted by atomic mass is 10.1. The lowest BCUT2D eigenvalue weighted by molar-refractivity contribution is -0.146. The molecule has 3 N–H and O–H groups in total. The van der Waals surface area contributed by atoms with Gasteiger partial charge in [-0.1, -0.05) is 44.9 Å². The Kier molecular flexibility index (Phi) is 9.38. The number of carbonyl (C=O) groups is 1. The summed E-state index contributed by atoms with van der Waals surface area (Å²) >= 11 is 0. The number of ether oxygens (including phenoxy) is 2. The number of nitrogens with two attached hydrogens (primary N) is 1. The van der Waals surface area contributed by atoms with Gasteiger partial charge in [-0.25, -0.2) is 14.1 Å². The van der Waals surface area contributed by atoms with Gasteiger partial charge in [0.1, 0.15) is 29.7 Å². The number of nitrogens with one attached hydrogen (secondary N) is 1. The molecule has 0 saturated carbocycles. The van der Waals surface area contributed by atoms with E-state index < -0.39 is 19.8 Å². The molecule has 0 bridgehead atoms. The van der Waals surface area contributed by atoms with Crippen LogP contribution in [0.1, 0.15) is 58.3 Å². The van der Waals surface area contributed by atoms with Gasteiger partial charge in [-0.15, -0.1) is 0 Å². The molecule has 0 amide bonds. The molecule has 12 heteroatoms. The van der Waals surface area contributed by atoms with E-state index in [1.165, 1.54) is 6.33 Å². The van der Waals surface area contributed by atoms with Crippen molar-refractivity contribution in [3.63, 3.8) is 0 Å². The van der Waals surface area contributed by atoms with Crippen LogP contribution in [0.25, 0.3) is 5.52 Å². The number of esters is 1. The topological polar surface area (TPSA) is 139 Å². The van der Waals surface area contributed by atoms with Crippen molar-refractivity contribution in [1.82, 2.24) is 19.7 Å². The molecule has 0 spiro atoms. The Labute approximate surface area is 222 Å². The molecule has 4 atom stereocenters. The first kappa shape index (κ1) is 28.0. The summed E-state index contributed by atoms with van der Waals surface area (Å²) in [5, 5.41) is 7.03. The van der Waals surface area contributed by atoms with Gasteiger partial charge in [0, 0.05) is 0 Å². The number of benzene rings is 1. The van der Waals surface area contributed by atoms with E-state index in [0.717, 1.165) is 25.0 Å². The lowest BCUT2D eigenvalue weighted by Crippen LogP contribution is -2.36. The number of para-hydroxylation sites is 1. The van der Waals surface area contributed by atoms with Crippen LogP contribution in [0.15, 0.2) is 48.8 Å². The zero-order valence-corrected chi connectivity index (χ0v) is 22.9. The molecule has 1 aliphatic heterocycles. The fraction of sp³-hybridized carbons (Fsp3) is 0.500. The SMILES string of the molecule is CCC(CC)COC(=O)[C@@H](C)NP(=O)(OC[C@@H]1CC[C@H](c2ccc3c(N)ncnn23)O1)Oc1ccccc1. The number of aromatic nitrogens is 3. The van der Waals surface area contributed by atoms with Crippen molar-refractivity contribution in [2.45, 2.75) is 64.7 Å². The average Bonchev–Trinajstić information content (AvgIpc) is 3.56. The predicted molar refractivity (Wildman–Crippen MR) is 143 cm³/mol. The smallest absolute Gasteiger partial charge is 0.459 e. The number of hydrogen-bond donors (Lipinski definition) is 2. The molecule has 1 aliphatic rings. The van der Waals surface area contributed by atoms with E-state index in [1.54, 1.807) is 35.7 Å². The lowest BCUT2D eigenvalue weighted by Gasteiger charge is -2.24. The number of hydrogen-bond acceptors (Lipinski definition) is 9. The fourth-order valence-electron chi connectivity index (χ4n) is 4.29. The van der Waals surface area contributed by atoms with Crippen LogP contribution in [-0.2, 0) is 23.4 Å². The molecule has 1 aromatic carbocycles. The molecule has 4 rings (SSSR count). The molecule has 1 fully saturated rings. The highest BCUT2D eigenvalue weighted by Crippen LogP contribution is 2.46. The van der Waals surface area contributed by atoms with Crippen LogP contribution in [0.4, 0.5) is 5.82 Å². The summed E-state index contributed by atoms with van der Waals surface area (Å²) in [6.07, 6.45) is 4.05. The van der Waals surface area contributed by atoms with Crippen LogP contribution >= 0.6 is 7.75 Å². The normalized spacial score (nSPS) is 19.9. The Morgan fingerprint density at radius 1 is 1.21 bits per heavy atom. The molecule has 11 nitrogen and oxygen atoms in total. The first-order valence-corrected chi connectivity index (χ1v) is 14.5. The monoisotopic (exact) mass is 545 g/mol. The third-order valence-corrected chi connectivity index (χ3v) is 8.31. The summed E-state index contributed by atoms with van der Waals surface area (Å²) in [6, 6.07) is 11.5. The second-order valence-electron chi connectivity index (χ2n) is 9.39. The molecule has 1 saturated heterocycles. The average molecular weight is 546 g/mol. The van der Waals surface area contributed by atoms with Crippen LogP contribution in [-0.4, -0.2) is 45.9 Å². The largest absolute Gasteiger partial charge is 0.464 e. The van der Waals surface area contributed by atoms with Crippen molar-refractivity contribution in [2.24, 2.45) is 5.92 Å². The number of nitrogen functional groups attached to an aromatic ring is 1. The Morgan fingerprint density at radius 3 is 2.71 bits per heavy atom. The minimum atomic E-state index is -3.96. The van der Waals surface area contributed by atoms with Gasteiger partial charge in [0.05, 0.1) is 25.0 Å². The Bertz CT molecular complexity index is 1250. The summed E-state index contributed by atoms with van der Waals surface area (Å²) < 4.78 is 38.7. The molecule has 206 valence electrons. The molecule has 38 heavy (non-hydrogen) atoms. The maximum absolute atomic E-state index is 13.8. The first-order valence-electron chi connectivity index (χ1n) is 13.0. The van der Waals surface area contributed by atoms with Gasteiger partial charge in [-0.3, -0.25) is 9.32 Å². The second kappa shape index (κ2) is 12.7. The number of rotatable bonds is 13. The van der Waals surface area contributed by atoms with Gasteiger partial charge >= 0.3 is 13.7 Å². The van der Waals surface area contributed by atoms with Crippen molar-refractivity contribution in [2.75, 3.05) is 18.9 Å². The third kappa shape index (κ3) is 6.91. The van der Waals surface area contributed by atoms with Crippen LogP contribution in [0, 0.1) is 5.92 Å². The highest BCUT2D eigenvalue weighted by Gasteiger charge is 2.36. The van der Waals surface area contributed by atoms with Crippen LogP contribution in [0.5, 0.6) is 5.75 Å². The van der Waals surface area contributed by atoms with Crippen LogP contribution < -0.4 is 15.3 Å². The summed E-state index contributed by atoms with van der Waals surface area (Å²) in [6.45, 7) is 6.00. The van der Waals surface area contributed by atoms with Gasteiger partial charge in [0.15, 0.2) is 5.82 Å². The Morgan fingerprint density at radius 2 is 1.97 bits per heavy atom. The van der Waals surface area contributed by atoms with Crippen molar-refractivity contribution in [1.29, 1.82) is 0 Å². The number of fused-ring (bicyclic) bond motifs is 1. The van der Waals surface area contributed by atoms with Gasteiger partial charge in [-0.05, 0) is 49.9 Å². The van der Waals surface area contributed by atoms with Crippen molar-refractivity contribution >= 4 is 25.1 Å². The van der Waals surface area contributed by atoms with Crippen LogP contribution in [0.2, 0.25) is 0 Å². The van der Waals surface area contributed by atoms with Crippen molar-refractivity contribution in [3.8, 4) is 5.75 Å². The number of anilines is 1. The van der Waals surface area contributed by atoms with E-state index in [1.807, 2.05) is 18.2 Å². The zero-order valence-electron chi connectivity index (χ0n) is 22.0. The van der Waals surface area contributed by atoms with Crippen molar-refractivity contribution in [3.05, 3.63) is 54.5 Å². The molecular weight excluding hydrogens is 509 g/mol. The molecule has 0 radical (unpaired) electrons. The highest BCUT2D eigenvalue weighted by atomic mass is 31.2. The maximum Gasteiger partial charge on any atom is 0.459 e. The van der Waals surface area contributed by atoms with E-state index in [4.69, 9.17) is 24.3 Å². The van der Waals surface area contributed by atoms with Gasteiger partial charge in [0.25, 0.3) is 0 Å². The molecule has 1 unspecified atom stereocenters. The minimum Gasteiger partial charge on any atom is -0.464 e. The standard InChI is InChI=1S/C26H36N5O6P/c1-4-19(5-2)15-34-26(32)18(3)30-38(33,37-20-9-7-6-8-10-20)35-16-21-11-14-24(36-21)22-12-13-23-25(27)28-17-29-31(22)23/h6-10,12-13,17-19,21,24H,4-5,11,14-16H2,1-3H3,(H,30,33)(H2,27,28,29)/t18-,21+,24-,38?/m1/s1. The quantitative estimate of drug-likeness (QED) is 0.230. The minimum absolute atomic E-state index is 0.00353. The van der Waals surface area contributed by atoms with Crippen LogP contribution in [0.3, 0.4) is 0 Å². The molecule has 3 aromatic rings. The predicted octanol–water partition coefficient (Wildman–Crippen LogP) is 4.69. The first-order chi connectivity index (χ1) is 18.3. The zero-order chi connectivity index (χ0) is 27.1. The summed E-state index contributed by atoms with van der Waals surface area (Å²) in [5.41, 5.74) is 7.51. The maximum atomic E-state index is 13.8. The summed E-state index contributed by atoms with van der Waals surface area (Å²) in [7, 11) is -3.96. The fourth-order valence-corrected chi connectivity index (χ4v) is 5.81. The van der Waals surface area contributed by atoms with E-state index in [9.17, 15) is 9.36 Å². The van der Waals surface area contributed by atoms with E-state index in [-0.39, 0.29) is 24.7 Å². The van der Waals surface area contributed by atoms with E-state index >= 15 is 0 Å². The molecule has 3 heterocycles. The van der Waals surface area contributed by atoms with Crippen molar-refractivity contribution < 1.29 is 27.9 Å². The Hall–Kier alpha value is -2.98. The van der Waals surface area contributed by atoms with E-state index in [2.05, 4.69) is 29.0 Å². The molecule has 2 aromatic heterocycles. The van der Waals surface area contributed by atoms with E-state index in [0.29, 0.717) is 30.1 Å². The third-order valence-electron chi connectivity index (χ3n) is 6.67. The molecular formula is C26H36N5O6P. The van der Waals surface area contributed by atoms with Gasteiger partial charge in [0.2, 0.25) is 0 Å². The summed E-state index contributed by atoms with van der Waals surface area (Å²) in [4.78, 5) is 16.6. The second-order valence-corrected chi connectivity index (χ2v) is 11.1. The van der Waals surface area contributed by atoms with Gasteiger partial charge in [-0.2, -0.15) is 10.2 Å². The Balaban J connectivity index is 1.40.